The molecular weight excluding hydrogens is 252 g/mol. The number of ether oxygens (including phenoxy) is 1. The van der Waals surface area contributed by atoms with Crippen molar-refractivity contribution in [2.75, 3.05) is 6.61 Å². The van der Waals surface area contributed by atoms with Crippen LogP contribution in [0.4, 0.5) is 0 Å². The lowest BCUT2D eigenvalue weighted by atomic mass is 9.99. The van der Waals surface area contributed by atoms with E-state index in [1.165, 1.54) is 6.20 Å². The van der Waals surface area contributed by atoms with E-state index in [4.69, 9.17) is 4.74 Å². The van der Waals surface area contributed by atoms with Gasteiger partial charge in [-0.05, 0) is 23.8 Å². The number of fused-ring (bicyclic) bond motifs is 1. The molecule has 0 unspecified atom stereocenters. The largest absolute Gasteiger partial charge is 0.493 e. The topological polar surface area (TPSA) is 55.0 Å². The van der Waals surface area contributed by atoms with Gasteiger partial charge in [-0.3, -0.25) is 9.89 Å². The summed E-state index contributed by atoms with van der Waals surface area (Å²) in [5.41, 5.74) is 2.10. The lowest BCUT2D eigenvalue weighted by Gasteiger charge is -2.12. The number of hydrogen-bond acceptors (Lipinski definition) is 3. The molecule has 0 fully saturated rings. The number of carbonyl (C=O) groups excluding carboxylic acids is 1. The van der Waals surface area contributed by atoms with E-state index < -0.39 is 0 Å². The first-order chi connectivity index (χ1) is 9.85. The molecule has 0 aliphatic heterocycles. The Balaban J connectivity index is 2.35. The summed E-state index contributed by atoms with van der Waals surface area (Å²) < 4.78 is 5.70. The monoisotopic (exact) mass is 266 g/mol. The highest BCUT2D eigenvalue weighted by molar-refractivity contribution is 6.02. The summed E-state index contributed by atoms with van der Waals surface area (Å²) in [6, 6.07) is 11.9. The van der Waals surface area contributed by atoms with Gasteiger partial charge in [0.25, 0.3) is 0 Å². The Morgan fingerprint density at radius 1 is 1.25 bits per heavy atom. The van der Waals surface area contributed by atoms with Crippen LogP contribution in [0.2, 0.25) is 0 Å². The standard InChI is InChI=1S/C16H14N2O2/c1-2-20-14-8-7-11-5-3-4-6-13(11)15(14)16-12(10-19)9-17-18-16/h3-10H,2H2,1H3,(H,17,18). The van der Waals surface area contributed by atoms with Crippen LogP contribution in [0.25, 0.3) is 22.0 Å². The molecule has 4 nitrogen and oxygen atoms in total. The smallest absolute Gasteiger partial charge is 0.153 e. The fourth-order valence-corrected chi connectivity index (χ4v) is 2.37. The first-order valence-electron chi connectivity index (χ1n) is 6.48. The molecule has 20 heavy (non-hydrogen) atoms. The maximum absolute atomic E-state index is 11.2. The SMILES string of the molecule is CCOc1ccc2ccccc2c1-c1[nH]ncc1C=O. The average Bonchev–Trinajstić information content (AvgIpc) is 2.95. The summed E-state index contributed by atoms with van der Waals surface area (Å²) in [6.07, 6.45) is 2.33. The molecular formula is C16H14N2O2. The fourth-order valence-electron chi connectivity index (χ4n) is 2.37. The van der Waals surface area contributed by atoms with Crippen molar-refractivity contribution < 1.29 is 9.53 Å². The fraction of sp³-hybridized carbons (Fsp3) is 0.125. The maximum Gasteiger partial charge on any atom is 0.153 e. The molecule has 0 aliphatic rings. The third-order valence-electron chi connectivity index (χ3n) is 3.24. The van der Waals surface area contributed by atoms with Crippen LogP contribution < -0.4 is 4.74 Å². The predicted octanol–water partition coefficient (Wildman–Crippen LogP) is 3.44. The van der Waals surface area contributed by atoms with E-state index >= 15 is 0 Å². The molecule has 0 spiro atoms. The second-order valence-corrected chi connectivity index (χ2v) is 4.41. The van der Waals surface area contributed by atoms with Gasteiger partial charge < -0.3 is 4.74 Å². The Bertz CT molecular complexity index is 762. The number of nitrogens with one attached hydrogen (secondary N) is 1. The van der Waals surface area contributed by atoms with Crippen molar-refractivity contribution >= 4 is 17.1 Å². The molecule has 0 bridgehead atoms. The van der Waals surface area contributed by atoms with Crippen LogP contribution in [0.1, 0.15) is 17.3 Å². The highest BCUT2D eigenvalue weighted by Gasteiger charge is 2.15. The van der Waals surface area contributed by atoms with E-state index in [0.717, 1.165) is 28.4 Å². The van der Waals surface area contributed by atoms with Gasteiger partial charge in [0, 0.05) is 0 Å². The average molecular weight is 266 g/mol. The summed E-state index contributed by atoms with van der Waals surface area (Å²) in [4.78, 5) is 11.2. The first-order valence-corrected chi connectivity index (χ1v) is 6.48. The van der Waals surface area contributed by atoms with Crippen LogP contribution >= 0.6 is 0 Å². The number of aromatic amines is 1. The zero-order valence-corrected chi connectivity index (χ0v) is 11.1. The van der Waals surface area contributed by atoms with E-state index in [0.29, 0.717) is 17.9 Å². The number of nitrogens with zero attached hydrogens (tertiary/aromatic N) is 1. The van der Waals surface area contributed by atoms with E-state index in [1.807, 2.05) is 43.3 Å². The number of rotatable bonds is 4. The molecule has 0 aliphatic carbocycles. The molecule has 2 aromatic carbocycles. The van der Waals surface area contributed by atoms with E-state index in [1.54, 1.807) is 0 Å². The van der Waals surface area contributed by atoms with Crippen LogP contribution in [-0.4, -0.2) is 23.1 Å². The van der Waals surface area contributed by atoms with Crippen molar-refractivity contribution in [2.45, 2.75) is 6.92 Å². The van der Waals surface area contributed by atoms with E-state index in [-0.39, 0.29) is 0 Å². The number of aldehydes is 1. The second kappa shape index (κ2) is 5.17. The molecule has 3 rings (SSSR count). The molecule has 1 aromatic heterocycles. The minimum atomic E-state index is 0.530. The van der Waals surface area contributed by atoms with Crippen molar-refractivity contribution in [3.8, 4) is 17.0 Å². The van der Waals surface area contributed by atoms with Gasteiger partial charge in [-0.15, -0.1) is 0 Å². The lowest BCUT2D eigenvalue weighted by molar-refractivity contribution is 0.112. The molecule has 0 saturated carbocycles. The first kappa shape index (κ1) is 12.4. The third-order valence-corrected chi connectivity index (χ3v) is 3.24. The van der Waals surface area contributed by atoms with Crippen molar-refractivity contribution in [1.82, 2.24) is 10.2 Å². The summed E-state index contributed by atoms with van der Waals surface area (Å²) in [7, 11) is 0. The Morgan fingerprint density at radius 2 is 2.10 bits per heavy atom. The number of benzene rings is 2. The van der Waals surface area contributed by atoms with Gasteiger partial charge in [0.2, 0.25) is 0 Å². The molecule has 0 amide bonds. The van der Waals surface area contributed by atoms with Crippen LogP contribution in [0.5, 0.6) is 5.75 Å². The second-order valence-electron chi connectivity index (χ2n) is 4.41. The van der Waals surface area contributed by atoms with Crippen LogP contribution in [0.15, 0.2) is 42.6 Å². The minimum Gasteiger partial charge on any atom is -0.493 e. The van der Waals surface area contributed by atoms with Gasteiger partial charge in [-0.2, -0.15) is 5.10 Å². The van der Waals surface area contributed by atoms with Crippen molar-refractivity contribution in [3.63, 3.8) is 0 Å². The van der Waals surface area contributed by atoms with E-state index in [9.17, 15) is 4.79 Å². The molecule has 0 radical (unpaired) electrons. The minimum absolute atomic E-state index is 0.530. The Morgan fingerprint density at radius 3 is 2.90 bits per heavy atom. The molecule has 1 heterocycles. The zero-order valence-electron chi connectivity index (χ0n) is 11.1. The molecule has 0 atom stereocenters. The van der Waals surface area contributed by atoms with Crippen molar-refractivity contribution in [2.24, 2.45) is 0 Å². The quantitative estimate of drug-likeness (QED) is 0.736. The lowest BCUT2D eigenvalue weighted by Crippen LogP contribution is -1.96. The van der Waals surface area contributed by atoms with Gasteiger partial charge in [-0.25, -0.2) is 0 Å². The third kappa shape index (κ3) is 1.95. The molecule has 4 heteroatoms. The number of aromatic nitrogens is 2. The summed E-state index contributed by atoms with van der Waals surface area (Å²) in [5.74, 6) is 0.749. The van der Waals surface area contributed by atoms with E-state index in [2.05, 4.69) is 10.2 Å². The number of hydrogen-bond donors (Lipinski definition) is 1. The van der Waals surface area contributed by atoms with Crippen molar-refractivity contribution in [1.29, 1.82) is 0 Å². The van der Waals surface area contributed by atoms with Crippen LogP contribution in [0, 0.1) is 0 Å². The van der Waals surface area contributed by atoms with Crippen LogP contribution in [0.3, 0.4) is 0 Å². The maximum atomic E-state index is 11.2. The summed E-state index contributed by atoms with van der Waals surface area (Å²) in [6.45, 7) is 2.50. The highest BCUT2D eigenvalue weighted by Crippen LogP contribution is 2.37. The molecule has 3 aromatic rings. The van der Waals surface area contributed by atoms with Gasteiger partial charge in [0.15, 0.2) is 6.29 Å². The Kier molecular flexibility index (Phi) is 3.21. The van der Waals surface area contributed by atoms with Crippen LogP contribution in [-0.2, 0) is 0 Å². The summed E-state index contributed by atoms with van der Waals surface area (Å²) >= 11 is 0. The van der Waals surface area contributed by atoms with Gasteiger partial charge >= 0.3 is 0 Å². The van der Waals surface area contributed by atoms with Gasteiger partial charge in [0.05, 0.1) is 29.6 Å². The Hall–Kier alpha value is -2.62. The molecule has 1 N–H and O–H groups in total. The Labute approximate surface area is 116 Å². The zero-order chi connectivity index (χ0) is 13.9. The van der Waals surface area contributed by atoms with Gasteiger partial charge in [0.1, 0.15) is 5.75 Å². The van der Waals surface area contributed by atoms with Crippen molar-refractivity contribution in [3.05, 3.63) is 48.2 Å². The number of carbonyl (C=O) groups is 1. The van der Waals surface area contributed by atoms with Gasteiger partial charge in [-0.1, -0.05) is 30.3 Å². The summed E-state index contributed by atoms with van der Waals surface area (Å²) in [5, 5.41) is 9.00. The normalized spacial score (nSPS) is 10.7. The highest BCUT2D eigenvalue weighted by atomic mass is 16.5. The number of H-pyrrole nitrogens is 1. The predicted molar refractivity (Wildman–Crippen MR) is 78.1 cm³/mol. The molecule has 100 valence electrons. The molecule has 0 saturated heterocycles.